The highest BCUT2D eigenvalue weighted by molar-refractivity contribution is 6.17. The van der Waals surface area contributed by atoms with E-state index in [0.29, 0.717) is 36.6 Å². The van der Waals surface area contributed by atoms with Gasteiger partial charge in [0.1, 0.15) is 16.9 Å². The number of hydrogen-bond donors (Lipinski definition) is 2. The molecule has 2 amide bonds. The highest BCUT2D eigenvalue weighted by Crippen LogP contribution is 2.48. The van der Waals surface area contributed by atoms with E-state index in [-0.39, 0.29) is 17.9 Å². The van der Waals surface area contributed by atoms with Crippen molar-refractivity contribution in [2.75, 3.05) is 17.2 Å². The molecule has 0 unspecified atom stereocenters. The van der Waals surface area contributed by atoms with Crippen molar-refractivity contribution in [1.82, 2.24) is 0 Å². The number of anilines is 2. The highest BCUT2D eigenvalue weighted by atomic mass is 16.5. The van der Waals surface area contributed by atoms with Gasteiger partial charge in [-0.1, -0.05) is 12.1 Å². The van der Waals surface area contributed by atoms with Crippen molar-refractivity contribution in [3.05, 3.63) is 48.5 Å². The van der Waals surface area contributed by atoms with Gasteiger partial charge in [-0.2, -0.15) is 0 Å². The van der Waals surface area contributed by atoms with Crippen molar-refractivity contribution < 1.29 is 19.1 Å². The smallest absolute Gasteiger partial charge is 0.240 e. The Morgan fingerprint density at radius 3 is 2.25 bits per heavy atom. The lowest BCUT2D eigenvalue weighted by atomic mass is 10.0. The van der Waals surface area contributed by atoms with Crippen molar-refractivity contribution in [2.24, 2.45) is 5.41 Å². The molecular formula is C22H26N2O4. The maximum Gasteiger partial charge on any atom is 0.240 e. The third kappa shape index (κ3) is 4.44. The van der Waals surface area contributed by atoms with Gasteiger partial charge in [0.25, 0.3) is 0 Å². The van der Waals surface area contributed by atoms with E-state index in [2.05, 4.69) is 10.6 Å². The molecule has 6 nitrogen and oxygen atoms in total. The summed E-state index contributed by atoms with van der Waals surface area (Å²) in [6, 6.07) is 14.4. The first-order valence-corrected chi connectivity index (χ1v) is 9.56. The molecule has 2 aromatic carbocycles. The minimum atomic E-state index is -1.04. The molecule has 1 aliphatic carbocycles. The van der Waals surface area contributed by atoms with Crippen molar-refractivity contribution in [3.63, 3.8) is 0 Å². The van der Waals surface area contributed by atoms with Crippen LogP contribution in [-0.2, 0) is 9.59 Å². The lowest BCUT2D eigenvalue weighted by molar-refractivity contribution is -0.131. The lowest BCUT2D eigenvalue weighted by Crippen LogP contribution is -2.35. The highest BCUT2D eigenvalue weighted by Gasteiger charge is 2.56. The predicted molar refractivity (Wildman–Crippen MR) is 109 cm³/mol. The van der Waals surface area contributed by atoms with Gasteiger partial charge in [0.05, 0.1) is 18.4 Å². The Morgan fingerprint density at radius 2 is 1.64 bits per heavy atom. The number of nitrogens with one attached hydrogen (secondary N) is 2. The largest absolute Gasteiger partial charge is 0.492 e. The SMILES string of the molecule is CCOc1ccccc1NC(=O)C1(C(=O)Nc2ccc(OC(C)C)cc2)CC1. The van der Waals surface area contributed by atoms with Crippen LogP contribution in [0.15, 0.2) is 48.5 Å². The van der Waals surface area contributed by atoms with Gasteiger partial charge in [0, 0.05) is 5.69 Å². The van der Waals surface area contributed by atoms with E-state index in [9.17, 15) is 9.59 Å². The molecule has 0 aromatic heterocycles. The molecule has 0 atom stereocenters. The second-order valence-electron chi connectivity index (χ2n) is 7.11. The molecule has 6 heteroatoms. The number of amides is 2. The van der Waals surface area contributed by atoms with Crippen LogP contribution in [0.3, 0.4) is 0 Å². The molecule has 0 saturated heterocycles. The monoisotopic (exact) mass is 382 g/mol. The summed E-state index contributed by atoms with van der Waals surface area (Å²) < 4.78 is 11.1. The van der Waals surface area contributed by atoms with Crippen LogP contribution in [0.25, 0.3) is 0 Å². The summed E-state index contributed by atoms with van der Waals surface area (Å²) in [5.41, 5.74) is 0.172. The molecule has 0 spiro atoms. The number of rotatable bonds is 8. The van der Waals surface area contributed by atoms with Crippen LogP contribution >= 0.6 is 0 Å². The molecule has 2 N–H and O–H groups in total. The van der Waals surface area contributed by atoms with Crippen molar-refractivity contribution in [1.29, 1.82) is 0 Å². The Labute approximate surface area is 165 Å². The number of carbonyl (C=O) groups excluding carboxylic acids is 2. The molecule has 0 radical (unpaired) electrons. The number of carbonyl (C=O) groups is 2. The van der Waals surface area contributed by atoms with Crippen LogP contribution in [0.4, 0.5) is 11.4 Å². The number of para-hydroxylation sites is 2. The van der Waals surface area contributed by atoms with Crippen molar-refractivity contribution in [3.8, 4) is 11.5 Å². The zero-order chi connectivity index (χ0) is 20.1. The zero-order valence-corrected chi connectivity index (χ0v) is 16.5. The van der Waals surface area contributed by atoms with Gasteiger partial charge in [0.2, 0.25) is 11.8 Å². The van der Waals surface area contributed by atoms with E-state index in [1.807, 2.05) is 32.9 Å². The van der Waals surface area contributed by atoms with Gasteiger partial charge in [-0.3, -0.25) is 9.59 Å². The summed E-state index contributed by atoms with van der Waals surface area (Å²) in [6.45, 7) is 6.28. The minimum Gasteiger partial charge on any atom is -0.492 e. The van der Waals surface area contributed by atoms with E-state index < -0.39 is 5.41 Å². The zero-order valence-electron chi connectivity index (χ0n) is 16.5. The summed E-state index contributed by atoms with van der Waals surface area (Å²) in [4.78, 5) is 25.6. The maximum absolute atomic E-state index is 12.8. The van der Waals surface area contributed by atoms with Gasteiger partial charge >= 0.3 is 0 Å². The summed E-state index contributed by atoms with van der Waals surface area (Å²) in [5, 5.41) is 5.70. The number of hydrogen-bond acceptors (Lipinski definition) is 4. The molecule has 3 rings (SSSR count). The molecule has 0 bridgehead atoms. The molecular weight excluding hydrogens is 356 g/mol. The lowest BCUT2D eigenvalue weighted by Gasteiger charge is -2.17. The average molecular weight is 382 g/mol. The van der Waals surface area contributed by atoms with Gasteiger partial charge in [0.15, 0.2) is 0 Å². The van der Waals surface area contributed by atoms with Gasteiger partial charge in [-0.15, -0.1) is 0 Å². The maximum atomic E-state index is 12.8. The fourth-order valence-electron chi connectivity index (χ4n) is 2.92. The molecule has 148 valence electrons. The van der Waals surface area contributed by atoms with Crippen LogP contribution in [0.2, 0.25) is 0 Å². The van der Waals surface area contributed by atoms with Crippen molar-refractivity contribution >= 4 is 23.2 Å². The molecule has 0 heterocycles. The first-order chi connectivity index (χ1) is 13.4. The van der Waals surface area contributed by atoms with Crippen LogP contribution in [0, 0.1) is 5.41 Å². The van der Waals surface area contributed by atoms with E-state index in [1.54, 1.807) is 36.4 Å². The average Bonchev–Trinajstić information content (AvgIpc) is 3.47. The van der Waals surface area contributed by atoms with Gasteiger partial charge in [-0.25, -0.2) is 0 Å². The van der Waals surface area contributed by atoms with Crippen LogP contribution in [0.5, 0.6) is 11.5 Å². The van der Waals surface area contributed by atoms with E-state index >= 15 is 0 Å². The molecule has 1 saturated carbocycles. The second kappa shape index (κ2) is 8.33. The topological polar surface area (TPSA) is 76.7 Å². The Morgan fingerprint density at radius 1 is 1.00 bits per heavy atom. The Balaban J connectivity index is 1.66. The minimum absolute atomic E-state index is 0.0819. The summed E-state index contributed by atoms with van der Waals surface area (Å²) in [5.74, 6) is 0.725. The van der Waals surface area contributed by atoms with Crippen LogP contribution in [0.1, 0.15) is 33.6 Å². The Kier molecular flexibility index (Phi) is 5.87. The normalized spacial score (nSPS) is 14.3. The first-order valence-electron chi connectivity index (χ1n) is 9.56. The summed E-state index contributed by atoms with van der Waals surface area (Å²) >= 11 is 0. The van der Waals surface area contributed by atoms with E-state index in [1.165, 1.54) is 0 Å². The quantitative estimate of drug-likeness (QED) is 0.670. The predicted octanol–water partition coefficient (Wildman–Crippen LogP) is 4.23. The summed E-state index contributed by atoms with van der Waals surface area (Å²) in [7, 11) is 0. The van der Waals surface area contributed by atoms with Gasteiger partial charge < -0.3 is 20.1 Å². The summed E-state index contributed by atoms with van der Waals surface area (Å²) in [6.07, 6.45) is 1.13. The fourth-order valence-corrected chi connectivity index (χ4v) is 2.92. The van der Waals surface area contributed by atoms with Crippen LogP contribution < -0.4 is 20.1 Å². The van der Waals surface area contributed by atoms with Crippen molar-refractivity contribution in [2.45, 2.75) is 39.7 Å². The molecule has 28 heavy (non-hydrogen) atoms. The third-order valence-corrected chi connectivity index (χ3v) is 4.54. The number of ether oxygens (including phenoxy) is 2. The van der Waals surface area contributed by atoms with Crippen LogP contribution in [-0.4, -0.2) is 24.5 Å². The molecule has 1 fully saturated rings. The Hall–Kier alpha value is -3.02. The molecule has 0 aliphatic heterocycles. The second-order valence-corrected chi connectivity index (χ2v) is 7.11. The molecule has 1 aliphatic rings. The first kappa shape index (κ1) is 19.7. The van der Waals surface area contributed by atoms with E-state index in [4.69, 9.17) is 9.47 Å². The number of benzene rings is 2. The third-order valence-electron chi connectivity index (χ3n) is 4.54. The standard InChI is InChI=1S/C22H26N2O4/c1-4-27-19-8-6-5-7-18(19)24-21(26)22(13-14-22)20(25)23-16-9-11-17(12-10-16)28-15(2)3/h5-12,15H,4,13-14H2,1-3H3,(H,23,25)(H,24,26). The Bertz CT molecular complexity index is 842. The molecule has 2 aromatic rings. The fraction of sp³-hybridized carbons (Fsp3) is 0.364. The van der Waals surface area contributed by atoms with E-state index in [0.717, 1.165) is 5.75 Å². The van der Waals surface area contributed by atoms with Gasteiger partial charge in [-0.05, 0) is 70.0 Å².